The topological polar surface area (TPSA) is 0 Å². The fraction of sp³-hybridized carbons (Fsp3) is 0.400. The maximum Gasteiger partial charge on any atom is 0.0566 e. The predicted octanol–water partition coefficient (Wildman–Crippen LogP) is 5.05. The van der Waals surface area contributed by atoms with Crippen LogP contribution in [0, 0.1) is 0 Å². The Morgan fingerprint density at radius 2 is 1.46 bits per heavy atom. The predicted molar refractivity (Wildman–Crippen MR) is 62.9 cm³/mol. The minimum absolute atomic E-state index is 0.0774. The zero-order chi connectivity index (χ0) is 10.2. The minimum Gasteiger partial charge on any atom is -0.0830 e. The van der Waals surface area contributed by atoms with E-state index in [1.807, 2.05) is 12.1 Å². The van der Waals surface area contributed by atoms with Crippen LogP contribution in [0.25, 0.3) is 0 Å². The highest BCUT2D eigenvalue weighted by Gasteiger charge is 2.16. The van der Waals surface area contributed by atoms with Crippen LogP contribution in [-0.2, 0) is 5.41 Å². The van der Waals surface area contributed by atoms with Gasteiger partial charge in [-0.05, 0) is 39.0 Å². The van der Waals surface area contributed by atoms with Crippen LogP contribution < -0.4 is 0 Å². The second-order valence-corrected chi connectivity index (χ2v) is 5.61. The van der Waals surface area contributed by atoms with E-state index in [-0.39, 0.29) is 5.41 Å². The lowest BCUT2D eigenvalue weighted by atomic mass is 9.87. The highest BCUT2D eigenvalue weighted by Crippen LogP contribution is 2.35. The minimum atomic E-state index is 0.0774. The Morgan fingerprint density at radius 3 is 1.77 bits per heavy atom. The number of rotatable bonds is 0. The summed E-state index contributed by atoms with van der Waals surface area (Å²) in [5.74, 6) is 0. The van der Waals surface area contributed by atoms with Gasteiger partial charge in [0.15, 0.2) is 0 Å². The molecular weight excluding hydrogens is 271 g/mol. The molecule has 0 aliphatic rings. The molecule has 1 rings (SSSR count). The van der Waals surface area contributed by atoms with Crippen molar-refractivity contribution in [2.75, 3.05) is 0 Å². The quantitative estimate of drug-likeness (QED) is 0.584. The van der Waals surface area contributed by atoms with E-state index in [2.05, 4.69) is 36.7 Å². The van der Waals surface area contributed by atoms with Crippen LogP contribution in [0.2, 0.25) is 10.0 Å². The van der Waals surface area contributed by atoms with Crippen LogP contribution >= 0.6 is 39.1 Å². The molecule has 0 unspecified atom stereocenters. The molecule has 0 radical (unpaired) electrons. The Hall–Kier alpha value is 0.280. The van der Waals surface area contributed by atoms with Gasteiger partial charge < -0.3 is 0 Å². The average Bonchev–Trinajstić information content (AvgIpc) is 1.97. The number of benzene rings is 1. The molecule has 0 amide bonds. The molecule has 1 aromatic carbocycles. The summed E-state index contributed by atoms with van der Waals surface area (Å²) in [5, 5.41) is 1.33. The largest absolute Gasteiger partial charge is 0.0830 e. The fourth-order valence-corrected chi connectivity index (χ4v) is 1.70. The van der Waals surface area contributed by atoms with Crippen molar-refractivity contribution in [3.05, 3.63) is 32.2 Å². The molecule has 13 heavy (non-hydrogen) atoms. The van der Waals surface area contributed by atoms with Gasteiger partial charge in [-0.3, -0.25) is 0 Å². The van der Waals surface area contributed by atoms with E-state index in [9.17, 15) is 0 Å². The summed E-state index contributed by atoms with van der Waals surface area (Å²) in [6, 6.07) is 3.88. The number of halogens is 3. The summed E-state index contributed by atoms with van der Waals surface area (Å²) in [6.07, 6.45) is 0. The Balaban J connectivity index is 3.29. The van der Waals surface area contributed by atoms with Gasteiger partial charge in [-0.1, -0.05) is 44.0 Å². The van der Waals surface area contributed by atoms with Gasteiger partial charge in [0.1, 0.15) is 0 Å². The van der Waals surface area contributed by atoms with Crippen molar-refractivity contribution in [1.82, 2.24) is 0 Å². The molecule has 0 nitrogen and oxygen atoms in total. The first kappa shape index (κ1) is 11.4. The van der Waals surface area contributed by atoms with Gasteiger partial charge >= 0.3 is 0 Å². The Bertz CT molecular complexity index is 303. The average molecular weight is 282 g/mol. The van der Waals surface area contributed by atoms with Gasteiger partial charge in [-0.15, -0.1) is 0 Å². The highest BCUT2D eigenvalue weighted by molar-refractivity contribution is 9.10. The van der Waals surface area contributed by atoms with Crippen molar-refractivity contribution < 1.29 is 0 Å². The van der Waals surface area contributed by atoms with E-state index in [1.54, 1.807) is 0 Å². The SMILES string of the molecule is CC(C)(C)c1cc(Cl)c(Br)c(Cl)c1. The van der Waals surface area contributed by atoms with Gasteiger partial charge in [0.25, 0.3) is 0 Å². The molecule has 72 valence electrons. The van der Waals surface area contributed by atoms with Crippen molar-refractivity contribution in [2.45, 2.75) is 26.2 Å². The number of hydrogen-bond donors (Lipinski definition) is 0. The van der Waals surface area contributed by atoms with Crippen molar-refractivity contribution in [3.63, 3.8) is 0 Å². The molecule has 1 aromatic rings. The normalized spacial score (nSPS) is 11.8. The first-order chi connectivity index (χ1) is 5.82. The van der Waals surface area contributed by atoms with Gasteiger partial charge in [-0.2, -0.15) is 0 Å². The molecule has 0 bridgehead atoms. The van der Waals surface area contributed by atoms with Crippen LogP contribution in [0.5, 0.6) is 0 Å². The summed E-state index contributed by atoms with van der Waals surface area (Å²) in [4.78, 5) is 0. The fourth-order valence-electron chi connectivity index (χ4n) is 0.989. The second kappa shape index (κ2) is 3.80. The van der Waals surface area contributed by atoms with Crippen LogP contribution in [0.3, 0.4) is 0 Å². The summed E-state index contributed by atoms with van der Waals surface area (Å²) < 4.78 is 0.767. The van der Waals surface area contributed by atoms with Crippen LogP contribution in [-0.4, -0.2) is 0 Å². The van der Waals surface area contributed by atoms with Crippen molar-refractivity contribution in [1.29, 1.82) is 0 Å². The lowest BCUT2D eigenvalue weighted by molar-refractivity contribution is 0.590. The zero-order valence-corrected chi connectivity index (χ0v) is 10.9. The van der Waals surface area contributed by atoms with Gasteiger partial charge in [0.05, 0.1) is 14.5 Å². The molecule has 0 N–H and O–H groups in total. The van der Waals surface area contributed by atoms with Crippen molar-refractivity contribution in [3.8, 4) is 0 Å². The molecule has 0 aromatic heterocycles. The molecule has 0 fully saturated rings. The Morgan fingerprint density at radius 1 is 1.08 bits per heavy atom. The monoisotopic (exact) mass is 280 g/mol. The Labute approximate surface area is 97.4 Å². The molecular formula is C10H11BrCl2. The van der Waals surface area contributed by atoms with E-state index >= 15 is 0 Å². The summed E-state index contributed by atoms with van der Waals surface area (Å²) in [7, 11) is 0. The Kier molecular flexibility index (Phi) is 3.32. The van der Waals surface area contributed by atoms with Crippen molar-refractivity contribution in [2.24, 2.45) is 0 Å². The lowest BCUT2D eigenvalue weighted by Crippen LogP contribution is -2.10. The van der Waals surface area contributed by atoms with Gasteiger partial charge in [0.2, 0.25) is 0 Å². The summed E-state index contributed by atoms with van der Waals surface area (Å²) in [5.41, 5.74) is 1.22. The molecule has 0 saturated carbocycles. The van der Waals surface area contributed by atoms with Crippen LogP contribution in [0.4, 0.5) is 0 Å². The molecule has 0 saturated heterocycles. The van der Waals surface area contributed by atoms with Crippen molar-refractivity contribution >= 4 is 39.1 Å². The first-order valence-corrected chi connectivity index (χ1v) is 5.52. The first-order valence-electron chi connectivity index (χ1n) is 3.97. The number of hydrogen-bond acceptors (Lipinski definition) is 0. The van der Waals surface area contributed by atoms with Crippen LogP contribution in [0.15, 0.2) is 16.6 Å². The lowest BCUT2D eigenvalue weighted by Gasteiger charge is -2.20. The van der Waals surface area contributed by atoms with E-state index in [0.717, 1.165) is 10.0 Å². The van der Waals surface area contributed by atoms with E-state index < -0.39 is 0 Å². The third-order valence-electron chi connectivity index (χ3n) is 1.85. The third kappa shape index (κ3) is 2.61. The third-order valence-corrected chi connectivity index (χ3v) is 3.76. The molecule has 0 atom stereocenters. The van der Waals surface area contributed by atoms with E-state index in [1.165, 1.54) is 0 Å². The second-order valence-electron chi connectivity index (χ2n) is 4.00. The van der Waals surface area contributed by atoms with Crippen LogP contribution in [0.1, 0.15) is 26.3 Å². The maximum atomic E-state index is 5.99. The molecule has 0 aliphatic heterocycles. The molecule has 0 spiro atoms. The van der Waals surface area contributed by atoms with E-state index in [4.69, 9.17) is 23.2 Å². The molecule has 3 heteroatoms. The molecule has 0 aliphatic carbocycles. The standard InChI is InChI=1S/C10H11BrCl2/c1-10(2,3)6-4-7(12)9(11)8(13)5-6/h4-5H,1-3H3. The maximum absolute atomic E-state index is 5.99. The summed E-state index contributed by atoms with van der Waals surface area (Å²) in [6.45, 7) is 6.38. The highest BCUT2D eigenvalue weighted by atomic mass is 79.9. The van der Waals surface area contributed by atoms with E-state index in [0.29, 0.717) is 10.0 Å². The summed E-state index contributed by atoms with van der Waals surface area (Å²) >= 11 is 15.3. The van der Waals surface area contributed by atoms with Gasteiger partial charge in [0, 0.05) is 0 Å². The zero-order valence-electron chi connectivity index (χ0n) is 7.79. The molecule has 0 heterocycles. The smallest absolute Gasteiger partial charge is 0.0566 e. The van der Waals surface area contributed by atoms with Gasteiger partial charge in [-0.25, -0.2) is 0 Å².